The monoisotopic (exact) mass is 285 g/mol. The van der Waals surface area contributed by atoms with Gasteiger partial charge in [0.1, 0.15) is 5.82 Å². The number of rotatable bonds is 3. The predicted molar refractivity (Wildman–Crippen MR) is 68.5 cm³/mol. The first-order chi connectivity index (χ1) is 8.97. The van der Waals surface area contributed by atoms with Crippen LogP contribution < -0.4 is 5.32 Å². The summed E-state index contributed by atoms with van der Waals surface area (Å²) in [5, 5.41) is 11.7. The first-order valence-electron chi connectivity index (χ1n) is 5.97. The van der Waals surface area contributed by atoms with Gasteiger partial charge in [-0.2, -0.15) is 0 Å². The Morgan fingerprint density at radius 1 is 1.26 bits per heavy atom. The van der Waals surface area contributed by atoms with Crippen LogP contribution in [0.2, 0.25) is 5.02 Å². The van der Waals surface area contributed by atoms with Crippen LogP contribution in [0.1, 0.15) is 19.3 Å². The number of nitrogens with one attached hydrogen (secondary N) is 1. The average Bonchev–Trinajstić information content (AvgIpc) is 2.75. The maximum absolute atomic E-state index is 13.1. The molecule has 0 radical (unpaired) electrons. The lowest BCUT2D eigenvalue weighted by atomic mass is 9.95. The quantitative estimate of drug-likeness (QED) is 0.897. The zero-order chi connectivity index (χ0) is 14.0. The van der Waals surface area contributed by atoms with Crippen LogP contribution in [0.4, 0.5) is 10.1 Å². The highest BCUT2D eigenvalue weighted by molar-refractivity contribution is 6.30. The van der Waals surface area contributed by atoms with Gasteiger partial charge in [0, 0.05) is 10.7 Å². The van der Waals surface area contributed by atoms with Gasteiger partial charge in [0.15, 0.2) is 0 Å². The minimum atomic E-state index is -0.963. The van der Waals surface area contributed by atoms with E-state index in [1.807, 2.05) is 0 Å². The molecule has 0 spiro atoms. The SMILES string of the molecule is O=C(O)[C@H]1CCC[C@H]1C(=O)Nc1cc(F)cc(Cl)c1. The van der Waals surface area contributed by atoms with E-state index in [1.54, 1.807) is 0 Å². The van der Waals surface area contributed by atoms with Crippen molar-refractivity contribution < 1.29 is 19.1 Å². The molecule has 4 nitrogen and oxygen atoms in total. The first kappa shape index (κ1) is 13.8. The molecule has 1 fully saturated rings. The molecule has 1 saturated carbocycles. The molecule has 6 heteroatoms. The van der Waals surface area contributed by atoms with Crippen molar-refractivity contribution in [3.05, 3.63) is 29.0 Å². The number of hydrogen-bond donors (Lipinski definition) is 2. The van der Waals surface area contributed by atoms with Crippen LogP contribution in [0.25, 0.3) is 0 Å². The van der Waals surface area contributed by atoms with Crippen molar-refractivity contribution >= 4 is 29.2 Å². The van der Waals surface area contributed by atoms with Crippen LogP contribution in [0, 0.1) is 17.7 Å². The van der Waals surface area contributed by atoms with Crippen molar-refractivity contribution in [2.24, 2.45) is 11.8 Å². The van der Waals surface area contributed by atoms with Crippen LogP contribution in [-0.2, 0) is 9.59 Å². The molecule has 0 aliphatic heterocycles. The largest absolute Gasteiger partial charge is 0.481 e. The Bertz CT molecular complexity index is 500. The minimum absolute atomic E-state index is 0.177. The van der Waals surface area contributed by atoms with Crippen molar-refractivity contribution in [1.82, 2.24) is 0 Å². The van der Waals surface area contributed by atoms with Gasteiger partial charge in [-0.25, -0.2) is 4.39 Å². The Balaban J connectivity index is 2.10. The molecule has 2 rings (SSSR count). The number of hydrogen-bond acceptors (Lipinski definition) is 2. The number of carboxylic acid groups (broad SMARTS) is 1. The van der Waals surface area contributed by atoms with E-state index < -0.39 is 29.5 Å². The van der Waals surface area contributed by atoms with Gasteiger partial charge in [0.05, 0.1) is 11.8 Å². The molecule has 1 aromatic rings. The van der Waals surface area contributed by atoms with E-state index in [1.165, 1.54) is 6.07 Å². The van der Waals surface area contributed by atoms with Crippen LogP contribution in [0.5, 0.6) is 0 Å². The highest BCUT2D eigenvalue weighted by Gasteiger charge is 2.37. The molecule has 2 atom stereocenters. The van der Waals surface area contributed by atoms with Crippen molar-refractivity contribution in [1.29, 1.82) is 0 Å². The number of aliphatic carboxylic acids is 1. The second-order valence-corrected chi connectivity index (χ2v) is 5.07. The van der Waals surface area contributed by atoms with E-state index in [0.717, 1.165) is 12.1 Å². The van der Waals surface area contributed by atoms with Crippen LogP contribution in [-0.4, -0.2) is 17.0 Å². The molecule has 0 saturated heterocycles. The molecule has 102 valence electrons. The number of carbonyl (C=O) groups is 2. The zero-order valence-corrected chi connectivity index (χ0v) is 10.8. The van der Waals surface area contributed by atoms with Crippen molar-refractivity contribution in [3.63, 3.8) is 0 Å². The Hall–Kier alpha value is -1.62. The maximum atomic E-state index is 13.1. The molecule has 2 N–H and O–H groups in total. The van der Waals surface area contributed by atoms with Gasteiger partial charge >= 0.3 is 5.97 Å². The third kappa shape index (κ3) is 3.23. The minimum Gasteiger partial charge on any atom is -0.481 e. The molecular formula is C13H13ClFNO3. The molecular weight excluding hydrogens is 273 g/mol. The predicted octanol–water partition coefficient (Wildman–Crippen LogP) is 2.92. The van der Waals surface area contributed by atoms with Crippen molar-refractivity contribution in [2.45, 2.75) is 19.3 Å². The summed E-state index contributed by atoms with van der Waals surface area (Å²) in [6.45, 7) is 0. The Morgan fingerprint density at radius 3 is 2.58 bits per heavy atom. The molecule has 0 bridgehead atoms. The lowest BCUT2D eigenvalue weighted by Crippen LogP contribution is -2.30. The van der Waals surface area contributed by atoms with Gasteiger partial charge in [-0.1, -0.05) is 18.0 Å². The van der Waals surface area contributed by atoms with Gasteiger partial charge in [0.25, 0.3) is 0 Å². The van der Waals surface area contributed by atoms with E-state index in [-0.39, 0.29) is 10.7 Å². The standard InChI is InChI=1S/C13H13ClFNO3/c14-7-4-8(15)6-9(5-7)16-12(17)10-2-1-3-11(10)13(18)19/h4-6,10-11H,1-3H2,(H,16,17)(H,18,19)/t10-,11+/m1/s1. The van der Waals surface area contributed by atoms with Crippen LogP contribution in [0.15, 0.2) is 18.2 Å². The van der Waals surface area contributed by atoms with Gasteiger partial charge in [-0.05, 0) is 31.0 Å². The summed E-state index contributed by atoms with van der Waals surface area (Å²) in [4.78, 5) is 23.0. The fourth-order valence-electron chi connectivity index (χ4n) is 2.43. The Labute approximate surface area is 114 Å². The van der Waals surface area contributed by atoms with E-state index in [9.17, 15) is 14.0 Å². The number of carboxylic acids is 1. The van der Waals surface area contributed by atoms with E-state index >= 15 is 0 Å². The highest BCUT2D eigenvalue weighted by Crippen LogP contribution is 2.33. The van der Waals surface area contributed by atoms with Gasteiger partial charge in [-0.15, -0.1) is 0 Å². The maximum Gasteiger partial charge on any atom is 0.307 e. The average molecular weight is 286 g/mol. The summed E-state index contributed by atoms with van der Waals surface area (Å²) < 4.78 is 13.1. The summed E-state index contributed by atoms with van der Waals surface area (Å²) >= 11 is 5.69. The number of anilines is 1. The molecule has 19 heavy (non-hydrogen) atoms. The zero-order valence-electron chi connectivity index (χ0n) is 10.0. The van der Waals surface area contributed by atoms with Crippen molar-refractivity contribution in [3.8, 4) is 0 Å². The Kier molecular flexibility index (Phi) is 4.04. The fraction of sp³-hybridized carbons (Fsp3) is 0.385. The van der Waals surface area contributed by atoms with E-state index in [4.69, 9.17) is 16.7 Å². The second kappa shape index (κ2) is 5.57. The van der Waals surface area contributed by atoms with Gasteiger partial charge in [0.2, 0.25) is 5.91 Å². The third-order valence-electron chi connectivity index (χ3n) is 3.30. The number of benzene rings is 1. The lowest BCUT2D eigenvalue weighted by Gasteiger charge is -2.15. The number of halogens is 2. The van der Waals surface area contributed by atoms with Crippen molar-refractivity contribution in [2.75, 3.05) is 5.32 Å². The summed E-state index contributed by atoms with van der Waals surface area (Å²) in [5.74, 6) is -3.14. The Morgan fingerprint density at radius 2 is 1.95 bits per heavy atom. The van der Waals surface area contributed by atoms with Gasteiger partial charge in [-0.3, -0.25) is 9.59 Å². The van der Waals surface area contributed by atoms with Gasteiger partial charge < -0.3 is 10.4 Å². The smallest absolute Gasteiger partial charge is 0.307 e. The number of carbonyl (C=O) groups excluding carboxylic acids is 1. The third-order valence-corrected chi connectivity index (χ3v) is 3.52. The molecule has 1 amide bonds. The summed E-state index contributed by atoms with van der Waals surface area (Å²) in [5.41, 5.74) is 0.242. The molecule has 0 aromatic heterocycles. The first-order valence-corrected chi connectivity index (χ1v) is 6.35. The molecule has 1 aliphatic rings. The topological polar surface area (TPSA) is 66.4 Å². The molecule has 0 heterocycles. The lowest BCUT2D eigenvalue weighted by molar-refractivity contribution is -0.145. The number of amides is 1. The van der Waals surface area contributed by atoms with Crippen LogP contribution >= 0.6 is 11.6 Å². The molecule has 1 aromatic carbocycles. The summed E-state index contributed by atoms with van der Waals surface area (Å²) in [6, 6.07) is 3.70. The van der Waals surface area contributed by atoms with E-state index in [2.05, 4.69) is 5.32 Å². The summed E-state index contributed by atoms with van der Waals surface area (Å²) in [6.07, 6.45) is 1.74. The normalized spacial score (nSPS) is 22.2. The van der Waals surface area contributed by atoms with E-state index in [0.29, 0.717) is 19.3 Å². The molecule has 1 aliphatic carbocycles. The fourth-order valence-corrected chi connectivity index (χ4v) is 2.65. The highest BCUT2D eigenvalue weighted by atomic mass is 35.5. The van der Waals surface area contributed by atoms with Crippen LogP contribution in [0.3, 0.4) is 0 Å². The summed E-state index contributed by atoms with van der Waals surface area (Å²) in [7, 11) is 0. The molecule has 0 unspecified atom stereocenters. The second-order valence-electron chi connectivity index (χ2n) is 4.63.